The van der Waals surface area contributed by atoms with E-state index in [1.54, 1.807) is 0 Å². The number of nitrogens with zero attached hydrogens (tertiary/aromatic N) is 2. The van der Waals surface area contributed by atoms with E-state index in [9.17, 15) is 4.79 Å². The maximum Gasteiger partial charge on any atom is 0.231 e. The van der Waals surface area contributed by atoms with Gasteiger partial charge in [0.2, 0.25) is 5.91 Å². The first-order chi connectivity index (χ1) is 13.2. The van der Waals surface area contributed by atoms with Gasteiger partial charge in [0, 0.05) is 6.42 Å². The predicted octanol–water partition coefficient (Wildman–Crippen LogP) is 5.74. The van der Waals surface area contributed by atoms with E-state index < -0.39 is 0 Å². The molecule has 0 aliphatic carbocycles. The molecular formula is C24H30N2O. The fraction of sp³-hybridized carbons (Fsp3) is 0.375. The van der Waals surface area contributed by atoms with Crippen LogP contribution in [-0.2, 0) is 4.79 Å². The first-order valence-electron chi connectivity index (χ1n) is 10.2. The van der Waals surface area contributed by atoms with E-state index in [1.165, 1.54) is 0 Å². The van der Waals surface area contributed by atoms with Crippen molar-refractivity contribution in [3.8, 4) is 0 Å². The smallest absolute Gasteiger partial charge is 0.231 e. The van der Waals surface area contributed by atoms with Crippen LogP contribution >= 0.6 is 0 Å². The molecule has 0 spiro atoms. The van der Waals surface area contributed by atoms with Gasteiger partial charge in [-0.15, -0.1) is 0 Å². The van der Waals surface area contributed by atoms with Gasteiger partial charge < -0.3 is 4.90 Å². The Kier molecular flexibility index (Phi) is 6.83. The molecule has 0 unspecified atom stereocenters. The van der Waals surface area contributed by atoms with Crippen molar-refractivity contribution in [2.24, 2.45) is 0 Å². The number of rotatable bonds is 8. The van der Waals surface area contributed by atoms with Gasteiger partial charge in [0.05, 0.1) is 11.4 Å². The maximum absolute atomic E-state index is 13.2. The Morgan fingerprint density at radius 2 is 1.37 bits per heavy atom. The molecule has 1 amide bonds. The molecule has 1 aliphatic heterocycles. The van der Waals surface area contributed by atoms with Crippen LogP contribution < -0.4 is 4.90 Å². The van der Waals surface area contributed by atoms with E-state index in [0.717, 1.165) is 61.4 Å². The van der Waals surface area contributed by atoms with Gasteiger partial charge in [-0.25, -0.2) is 0 Å². The van der Waals surface area contributed by atoms with Crippen molar-refractivity contribution in [3.05, 3.63) is 59.7 Å². The molecule has 0 atom stereocenters. The normalized spacial score (nSPS) is 12.6. The summed E-state index contributed by atoms with van der Waals surface area (Å²) in [5.74, 6) is 0.182. The fourth-order valence-electron chi connectivity index (χ4n) is 3.68. The second-order valence-electron chi connectivity index (χ2n) is 7.02. The summed E-state index contributed by atoms with van der Waals surface area (Å²) >= 11 is 0. The van der Waals surface area contributed by atoms with E-state index in [4.69, 9.17) is 0 Å². The highest BCUT2D eigenvalue weighted by Crippen LogP contribution is 2.36. The Morgan fingerprint density at radius 3 is 1.93 bits per heavy atom. The molecule has 0 fully saturated rings. The monoisotopic (exact) mass is 362 g/mol. The Morgan fingerprint density at radius 1 is 0.815 bits per heavy atom. The lowest BCUT2D eigenvalue weighted by molar-refractivity contribution is -0.118. The number of amides is 1. The highest BCUT2D eigenvalue weighted by molar-refractivity contribution is 6.06. The summed E-state index contributed by atoms with van der Waals surface area (Å²) in [6.07, 6.45) is 7.98. The molecule has 3 nitrogen and oxygen atoms in total. The number of para-hydroxylation sites is 2. The van der Waals surface area contributed by atoms with Crippen molar-refractivity contribution < 1.29 is 4.79 Å². The molecule has 0 radical (unpaired) electrons. The number of hydrogen-bond donors (Lipinski definition) is 0. The summed E-state index contributed by atoms with van der Waals surface area (Å²) in [4.78, 5) is 17.5. The van der Waals surface area contributed by atoms with Gasteiger partial charge in [0.25, 0.3) is 0 Å². The molecule has 0 aromatic heterocycles. The molecule has 0 N–H and O–H groups in total. The van der Waals surface area contributed by atoms with E-state index in [2.05, 4.69) is 43.0 Å². The quantitative estimate of drug-likeness (QED) is 0.559. The average Bonchev–Trinajstić information content (AvgIpc) is 2.87. The maximum atomic E-state index is 13.2. The lowest BCUT2D eigenvalue weighted by Crippen LogP contribution is -2.27. The van der Waals surface area contributed by atoms with Gasteiger partial charge in [-0.3, -0.25) is 9.69 Å². The second-order valence-corrected chi connectivity index (χ2v) is 7.02. The van der Waals surface area contributed by atoms with E-state index in [0.29, 0.717) is 6.42 Å². The van der Waals surface area contributed by atoms with E-state index in [1.807, 2.05) is 41.3 Å². The summed E-state index contributed by atoms with van der Waals surface area (Å²) in [6, 6.07) is 16.3. The van der Waals surface area contributed by atoms with Crippen molar-refractivity contribution >= 4 is 29.4 Å². The van der Waals surface area contributed by atoms with E-state index in [-0.39, 0.29) is 5.91 Å². The van der Waals surface area contributed by atoms with Gasteiger partial charge in [-0.1, -0.05) is 68.8 Å². The molecule has 2 aromatic carbocycles. The minimum Gasteiger partial charge on any atom is -0.304 e. The fourth-order valence-corrected chi connectivity index (χ4v) is 3.68. The van der Waals surface area contributed by atoms with Crippen LogP contribution in [0.3, 0.4) is 0 Å². The lowest BCUT2D eigenvalue weighted by Gasteiger charge is -2.25. The molecule has 3 heteroatoms. The number of fused-ring (bicyclic) bond motifs is 2. The minimum atomic E-state index is 0.182. The third-order valence-electron chi connectivity index (χ3n) is 5.31. The first-order valence-corrected chi connectivity index (χ1v) is 10.2. The zero-order valence-corrected chi connectivity index (χ0v) is 16.5. The first kappa shape index (κ1) is 19.4. The zero-order valence-electron chi connectivity index (χ0n) is 16.5. The standard InChI is InChI=1S/C24H30N2O/c1-3-25(4-2)19-11-5-6-16-24(27)26-22-14-9-7-12-20(22)17-18-21-13-8-10-15-23(21)26/h7-10,12-15,17-18H,3-6,11,16,19H2,1-2H3. The van der Waals surface area contributed by atoms with Crippen LogP contribution in [-0.4, -0.2) is 30.4 Å². The molecule has 3 rings (SSSR count). The summed E-state index contributed by atoms with van der Waals surface area (Å²) in [5.41, 5.74) is 4.13. The van der Waals surface area contributed by atoms with Crippen LogP contribution in [0, 0.1) is 0 Å². The highest BCUT2D eigenvalue weighted by atomic mass is 16.2. The Labute approximate surface area is 163 Å². The molecule has 1 aliphatic rings. The number of carbonyl (C=O) groups excluding carboxylic acids is 1. The van der Waals surface area contributed by atoms with Crippen LogP contribution in [0.4, 0.5) is 11.4 Å². The Hall–Kier alpha value is -2.39. The minimum absolute atomic E-state index is 0.182. The number of benzene rings is 2. The summed E-state index contributed by atoms with van der Waals surface area (Å²) in [6.45, 7) is 7.73. The third-order valence-corrected chi connectivity index (χ3v) is 5.31. The zero-order chi connectivity index (χ0) is 19.1. The van der Waals surface area contributed by atoms with Gasteiger partial charge >= 0.3 is 0 Å². The van der Waals surface area contributed by atoms with Gasteiger partial charge in [-0.05, 0) is 55.7 Å². The van der Waals surface area contributed by atoms with Crippen LogP contribution in [0.1, 0.15) is 50.7 Å². The van der Waals surface area contributed by atoms with Gasteiger partial charge in [0.1, 0.15) is 0 Å². The SMILES string of the molecule is CCN(CC)CCCCCC(=O)N1c2ccccc2C=Cc2ccccc21. The summed E-state index contributed by atoms with van der Waals surface area (Å²) in [7, 11) is 0. The van der Waals surface area contributed by atoms with Crippen molar-refractivity contribution in [2.45, 2.75) is 39.5 Å². The van der Waals surface area contributed by atoms with E-state index >= 15 is 0 Å². The van der Waals surface area contributed by atoms with Crippen LogP contribution in [0.15, 0.2) is 48.5 Å². The lowest BCUT2D eigenvalue weighted by atomic mass is 10.1. The average molecular weight is 363 g/mol. The third kappa shape index (κ3) is 4.67. The Bertz CT molecular complexity index is 743. The molecule has 2 aromatic rings. The molecule has 27 heavy (non-hydrogen) atoms. The van der Waals surface area contributed by atoms with Crippen molar-refractivity contribution in [1.82, 2.24) is 4.90 Å². The number of unbranched alkanes of at least 4 members (excludes halogenated alkanes) is 2. The van der Waals surface area contributed by atoms with Crippen molar-refractivity contribution in [2.75, 3.05) is 24.5 Å². The largest absolute Gasteiger partial charge is 0.304 e. The van der Waals surface area contributed by atoms with Crippen LogP contribution in [0.25, 0.3) is 12.2 Å². The number of anilines is 2. The van der Waals surface area contributed by atoms with Crippen molar-refractivity contribution in [3.63, 3.8) is 0 Å². The molecule has 1 heterocycles. The second kappa shape index (κ2) is 9.52. The Balaban J connectivity index is 1.70. The van der Waals surface area contributed by atoms with Crippen LogP contribution in [0.2, 0.25) is 0 Å². The molecular weight excluding hydrogens is 332 g/mol. The number of hydrogen-bond acceptors (Lipinski definition) is 2. The highest BCUT2D eigenvalue weighted by Gasteiger charge is 2.23. The van der Waals surface area contributed by atoms with Crippen molar-refractivity contribution in [1.29, 1.82) is 0 Å². The molecule has 0 saturated heterocycles. The topological polar surface area (TPSA) is 23.6 Å². The van der Waals surface area contributed by atoms with Gasteiger partial charge in [0.15, 0.2) is 0 Å². The predicted molar refractivity (Wildman–Crippen MR) is 115 cm³/mol. The summed E-state index contributed by atoms with van der Waals surface area (Å²) in [5, 5.41) is 0. The summed E-state index contributed by atoms with van der Waals surface area (Å²) < 4.78 is 0. The number of carbonyl (C=O) groups is 1. The molecule has 0 saturated carbocycles. The van der Waals surface area contributed by atoms with Crippen LogP contribution in [0.5, 0.6) is 0 Å². The molecule has 142 valence electrons. The van der Waals surface area contributed by atoms with Gasteiger partial charge in [-0.2, -0.15) is 0 Å². The molecule has 0 bridgehead atoms.